The average Bonchev–Trinajstić information content (AvgIpc) is 2.31. The first-order valence-electron chi connectivity index (χ1n) is 6.07. The Morgan fingerprint density at radius 2 is 1.90 bits per heavy atom. The third kappa shape index (κ3) is 4.52. The van der Waals surface area contributed by atoms with E-state index in [1.165, 1.54) is 25.6 Å². The molecular formula is C14H18BrNO3S. The van der Waals surface area contributed by atoms with Crippen LogP contribution in [0.5, 0.6) is 0 Å². The predicted octanol–water partition coefficient (Wildman–Crippen LogP) is 3.14. The SMILES string of the molecule is Cc1cc(SCC(=O)NC(C)(C)C(=O)O)c(C)cc1Br. The highest BCUT2D eigenvalue weighted by Crippen LogP contribution is 2.28. The molecule has 0 aromatic heterocycles. The zero-order valence-electron chi connectivity index (χ0n) is 11.9. The van der Waals surface area contributed by atoms with Gasteiger partial charge in [0.15, 0.2) is 0 Å². The standard InChI is InChI=1S/C14H18BrNO3S/c1-8-6-11(9(2)5-10(8)15)20-7-12(17)16-14(3,4)13(18)19/h5-6H,7H2,1-4H3,(H,16,17)(H,18,19). The fourth-order valence-electron chi connectivity index (χ4n) is 1.49. The second-order valence-electron chi connectivity index (χ2n) is 5.13. The normalized spacial score (nSPS) is 11.2. The molecule has 0 aliphatic rings. The van der Waals surface area contributed by atoms with E-state index in [2.05, 4.69) is 21.2 Å². The number of nitrogens with one attached hydrogen (secondary N) is 1. The molecule has 1 amide bonds. The minimum atomic E-state index is -1.25. The molecule has 0 heterocycles. The number of hydrogen-bond acceptors (Lipinski definition) is 3. The summed E-state index contributed by atoms with van der Waals surface area (Å²) in [5, 5.41) is 11.5. The van der Waals surface area contributed by atoms with E-state index in [9.17, 15) is 9.59 Å². The van der Waals surface area contributed by atoms with Crippen molar-refractivity contribution < 1.29 is 14.7 Å². The van der Waals surface area contributed by atoms with Crippen LogP contribution >= 0.6 is 27.7 Å². The Kier molecular flexibility index (Phi) is 5.65. The number of halogens is 1. The van der Waals surface area contributed by atoms with E-state index in [-0.39, 0.29) is 11.7 Å². The van der Waals surface area contributed by atoms with Crippen LogP contribution in [-0.4, -0.2) is 28.3 Å². The van der Waals surface area contributed by atoms with E-state index in [0.29, 0.717) is 0 Å². The first kappa shape index (κ1) is 17.0. The summed E-state index contributed by atoms with van der Waals surface area (Å²) in [6.45, 7) is 6.90. The molecule has 0 bridgehead atoms. The van der Waals surface area contributed by atoms with Gasteiger partial charge in [0.25, 0.3) is 0 Å². The molecule has 0 aliphatic heterocycles. The van der Waals surface area contributed by atoms with Crippen LogP contribution in [0.15, 0.2) is 21.5 Å². The van der Waals surface area contributed by atoms with Gasteiger partial charge < -0.3 is 10.4 Å². The summed E-state index contributed by atoms with van der Waals surface area (Å²) in [6, 6.07) is 4.02. The summed E-state index contributed by atoms with van der Waals surface area (Å²) >= 11 is 4.87. The minimum absolute atomic E-state index is 0.193. The molecule has 0 saturated carbocycles. The Morgan fingerprint density at radius 3 is 2.45 bits per heavy atom. The third-order valence-corrected chi connectivity index (χ3v) is 4.81. The summed E-state index contributed by atoms with van der Waals surface area (Å²) in [4.78, 5) is 23.8. The summed E-state index contributed by atoms with van der Waals surface area (Å²) in [5.41, 5.74) is 0.935. The molecule has 0 unspecified atom stereocenters. The molecule has 6 heteroatoms. The summed E-state index contributed by atoms with van der Waals surface area (Å²) in [6.07, 6.45) is 0. The van der Waals surface area contributed by atoms with E-state index in [1.807, 2.05) is 26.0 Å². The van der Waals surface area contributed by atoms with Crippen LogP contribution in [0, 0.1) is 13.8 Å². The molecule has 1 aromatic carbocycles. The monoisotopic (exact) mass is 359 g/mol. The number of hydrogen-bond donors (Lipinski definition) is 2. The second kappa shape index (κ2) is 6.63. The first-order valence-corrected chi connectivity index (χ1v) is 7.85. The lowest BCUT2D eigenvalue weighted by atomic mass is 10.1. The van der Waals surface area contributed by atoms with Crippen molar-refractivity contribution in [3.05, 3.63) is 27.7 Å². The van der Waals surface area contributed by atoms with Crippen LogP contribution in [0.4, 0.5) is 0 Å². The van der Waals surface area contributed by atoms with Crippen molar-refractivity contribution in [2.75, 3.05) is 5.75 Å². The van der Waals surface area contributed by atoms with Crippen LogP contribution in [-0.2, 0) is 9.59 Å². The number of carbonyl (C=O) groups is 2. The number of benzene rings is 1. The first-order chi connectivity index (χ1) is 9.13. The lowest BCUT2D eigenvalue weighted by Gasteiger charge is -2.20. The number of carboxylic acids is 1. The Labute approximate surface area is 131 Å². The molecule has 0 fully saturated rings. The van der Waals surface area contributed by atoms with Gasteiger partial charge in [-0.2, -0.15) is 0 Å². The number of carboxylic acid groups (broad SMARTS) is 1. The van der Waals surface area contributed by atoms with Gasteiger partial charge in [0.2, 0.25) is 5.91 Å². The van der Waals surface area contributed by atoms with E-state index < -0.39 is 11.5 Å². The number of rotatable bonds is 5. The van der Waals surface area contributed by atoms with Crippen molar-refractivity contribution in [1.82, 2.24) is 5.32 Å². The van der Waals surface area contributed by atoms with E-state index in [0.717, 1.165) is 20.5 Å². The number of aliphatic carboxylic acids is 1. The van der Waals surface area contributed by atoms with Gasteiger partial charge in [-0.05, 0) is 51.0 Å². The second-order valence-corrected chi connectivity index (χ2v) is 7.01. The molecule has 4 nitrogen and oxygen atoms in total. The maximum Gasteiger partial charge on any atom is 0.328 e. The van der Waals surface area contributed by atoms with Gasteiger partial charge in [-0.3, -0.25) is 4.79 Å². The van der Waals surface area contributed by atoms with Crippen molar-refractivity contribution in [3.63, 3.8) is 0 Å². The van der Waals surface area contributed by atoms with Gasteiger partial charge in [0, 0.05) is 9.37 Å². The lowest BCUT2D eigenvalue weighted by molar-refractivity contribution is -0.145. The van der Waals surface area contributed by atoms with Gasteiger partial charge in [-0.25, -0.2) is 4.79 Å². The molecule has 1 aromatic rings. The summed E-state index contributed by atoms with van der Waals surface area (Å²) < 4.78 is 1.04. The van der Waals surface area contributed by atoms with Crippen molar-refractivity contribution in [1.29, 1.82) is 0 Å². The van der Waals surface area contributed by atoms with Crippen molar-refractivity contribution >= 4 is 39.6 Å². The van der Waals surface area contributed by atoms with Crippen LogP contribution in [0.1, 0.15) is 25.0 Å². The molecule has 0 saturated heterocycles. The van der Waals surface area contributed by atoms with Gasteiger partial charge >= 0.3 is 5.97 Å². The highest BCUT2D eigenvalue weighted by molar-refractivity contribution is 9.10. The highest BCUT2D eigenvalue weighted by Gasteiger charge is 2.28. The maximum atomic E-state index is 11.8. The van der Waals surface area contributed by atoms with Crippen molar-refractivity contribution in [3.8, 4) is 0 Å². The Balaban J connectivity index is 2.66. The van der Waals surface area contributed by atoms with Gasteiger partial charge in [0.1, 0.15) is 5.54 Å². The van der Waals surface area contributed by atoms with Gasteiger partial charge in [0.05, 0.1) is 5.75 Å². The average molecular weight is 360 g/mol. The lowest BCUT2D eigenvalue weighted by Crippen LogP contribution is -2.50. The fraction of sp³-hybridized carbons (Fsp3) is 0.429. The molecule has 2 N–H and O–H groups in total. The van der Waals surface area contributed by atoms with E-state index in [1.54, 1.807) is 0 Å². The summed E-state index contributed by atoms with van der Waals surface area (Å²) in [5.74, 6) is -1.15. The highest BCUT2D eigenvalue weighted by atomic mass is 79.9. The Bertz CT molecular complexity index is 543. The summed E-state index contributed by atoms with van der Waals surface area (Å²) in [7, 11) is 0. The number of aryl methyl sites for hydroxylation is 2. The molecule has 1 rings (SSSR count). The molecule has 0 radical (unpaired) electrons. The largest absolute Gasteiger partial charge is 0.480 e. The fourth-order valence-corrected chi connectivity index (χ4v) is 2.85. The zero-order valence-corrected chi connectivity index (χ0v) is 14.3. The van der Waals surface area contributed by atoms with Crippen LogP contribution in [0.25, 0.3) is 0 Å². The molecule has 110 valence electrons. The predicted molar refractivity (Wildman–Crippen MR) is 84.2 cm³/mol. The topological polar surface area (TPSA) is 66.4 Å². The van der Waals surface area contributed by atoms with Crippen LogP contribution in [0.3, 0.4) is 0 Å². The Morgan fingerprint density at radius 1 is 1.30 bits per heavy atom. The maximum absolute atomic E-state index is 11.8. The molecule has 0 aliphatic carbocycles. The number of thioether (sulfide) groups is 1. The molecular weight excluding hydrogens is 342 g/mol. The zero-order chi connectivity index (χ0) is 15.5. The molecule has 0 atom stereocenters. The number of carbonyl (C=O) groups excluding carboxylic acids is 1. The number of amides is 1. The van der Waals surface area contributed by atoms with Gasteiger partial charge in [-0.15, -0.1) is 11.8 Å². The quantitative estimate of drug-likeness (QED) is 0.792. The molecule has 20 heavy (non-hydrogen) atoms. The molecule has 0 spiro atoms. The van der Waals surface area contributed by atoms with Crippen molar-refractivity contribution in [2.45, 2.75) is 38.1 Å². The third-order valence-electron chi connectivity index (χ3n) is 2.80. The smallest absolute Gasteiger partial charge is 0.328 e. The van der Waals surface area contributed by atoms with E-state index >= 15 is 0 Å². The Hall–Kier alpha value is -1.01. The van der Waals surface area contributed by atoms with Crippen molar-refractivity contribution in [2.24, 2.45) is 0 Å². The minimum Gasteiger partial charge on any atom is -0.480 e. The van der Waals surface area contributed by atoms with E-state index in [4.69, 9.17) is 5.11 Å². The van der Waals surface area contributed by atoms with Gasteiger partial charge in [-0.1, -0.05) is 15.9 Å². The van der Waals surface area contributed by atoms with Crippen LogP contribution in [0.2, 0.25) is 0 Å². The van der Waals surface area contributed by atoms with Crippen LogP contribution < -0.4 is 5.32 Å².